The highest BCUT2D eigenvalue weighted by Gasteiger charge is 2.47. The number of aromatic nitrogens is 1. The highest BCUT2D eigenvalue weighted by atomic mass is 32.1. The molecular weight excluding hydrogens is 594 g/mol. The summed E-state index contributed by atoms with van der Waals surface area (Å²) in [6.45, 7) is -0.708. The van der Waals surface area contributed by atoms with Crippen molar-refractivity contribution in [3.63, 3.8) is 0 Å². The lowest BCUT2D eigenvalue weighted by Gasteiger charge is -2.39. The number of hydrogen-bond donors (Lipinski definition) is 2. The number of nitrogens with one attached hydrogen (secondary N) is 2. The Morgan fingerprint density at radius 3 is 2.32 bits per heavy atom. The molecule has 6 rings (SSSR count). The number of rotatable bonds is 7. The zero-order valence-corrected chi connectivity index (χ0v) is 24.6. The largest absolute Gasteiger partial charge is 0.405 e. The predicted octanol–water partition coefficient (Wildman–Crippen LogP) is 6.73. The Labute approximate surface area is 256 Å². The zero-order chi connectivity index (χ0) is 31.1. The molecule has 12 heteroatoms. The van der Waals surface area contributed by atoms with Crippen LogP contribution in [-0.2, 0) is 4.79 Å². The SMILES string of the molecule is N#CC1(NC(=O)[C@@H]2CCCC[C@H]2c2nc(-c3ccc(F)cc3)sc2-c2ccc(C3CN(C(=O)NCC(F)(F)F)C3)cc2)CC1. The third-order valence-corrected chi connectivity index (χ3v) is 9.95. The van der Waals surface area contributed by atoms with Gasteiger partial charge in [-0.2, -0.15) is 18.4 Å². The molecule has 2 heterocycles. The van der Waals surface area contributed by atoms with Crippen LogP contribution in [0.3, 0.4) is 0 Å². The van der Waals surface area contributed by atoms with Gasteiger partial charge in [-0.25, -0.2) is 14.2 Å². The second kappa shape index (κ2) is 11.8. The number of benzene rings is 2. The van der Waals surface area contributed by atoms with E-state index < -0.39 is 24.3 Å². The molecule has 7 nitrogen and oxygen atoms in total. The fourth-order valence-electron chi connectivity index (χ4n) is 6.05. The van der Waals surface area contributed by atoms with Crippen molar-refractivity contribution in [1.82, 2.24) is 20.5 Å². The molecule has 2 aliphatic carbocycles. The van der Waals surface area contributed by atoms with Gasteiger partial charge in [0.1, 0.15) is 22.9 Å². The van der Waals surface area contributed by atoms with E-state index in [-0.39, 0.29) is 29.5 Å². The number of thiazole rings is 1. The average molecular weight is 626 g/mol. The summed E-state index contributed by atoms with van der Waals surface area (Å²) in [5.74, 6) is -0.906. The van der Waals surface area contributed by atoms with Crippen LogP contribution in [0, 0.1) is 23.1 Å². The number of carbonyl (C=O) groups is 2. The first-order valence-corrected chi connectivity index (χ1v) is 15.6. The molecule has 3 aliphatic rings. The van der Waals surface area contributed by atoms with Crippen LogP contribution in [0.4, 0.5) is 22.4 Å². The summed E-state index contributed by atoms with van der Waals surface area (Å²) in [6.07, 6.45) is 0.213. The maximum Gasteiger partial charge on any atom is 0.405 e. The van der Waals surface area contributed by atoms with Crippen molar-refractivity contribution in [1.29, 1.82) is 5.26 Å². The third-order valence-electron chi connectivity index (χ3n) is 8.78. The zero-order valence-electron chi connectivity index (χ0n) is 23.8. The number of hydrogen-bond acceptors (Lipinski definition) is 5. The van der Waals surface area contributed by atoms with Gasteiger partial charge in [0.15, 0.2) is 0 Å². The molecule has 230 valence electrons. The van der Waals surface area contributed by atoms with Crippen LogP contribution >= 0.6 is 11.3 Å². The standard InChI is InChI=1S/C32H31F4N5O2S/c33-23-11-9-21(10-12-23)29-39-26(24-3-1-2-4-25(24)28(42)40-31(17-37)13-14-31)27(44-29)20-7-5-19(6-8-20)22-15-41(16-22)30(43)38-18-32(34,35)36/h5-12,22,24-25H,1-4,13-16,18H2,(H,38,43)(H,40,42)/t24-,25-/m1/s1. The number of halogens is 4. The van der Waals surface area contributed by atoms with Gasteiger partial charge in [0.25, 0.3) is 0 Å². The Hall–Kier alpha value is -3.98. The van der Waals surface area contributed by atoms with Crippen molar-refractivity contribution in [2.24, 2.45) is 5.92 Å². The number of likely N-dealkylation sites (tertiary alicyclic amines) is 1. The van der Waals surface area contributed by atoms with Crippen LogP contribution in [0.15, 0.2) is 48.5 Å². The first-order valence-electron chi connectivity index (χ1n) is 14.7. The topological polar surface area (TPSA) is 98.1 Å². The van der Waals surface area contributed by atoms with E-state index in [1.54, 1.807) is 12.1 Å². The van der Waals surface area contributed by atoms with Gasteiger partial charge in [-0.15, -0.1) is 11.3 Å². The van der Waals surface area contributed by atoms with Crippen LogP contribution in [-0.4, -0.2) is 53.2 Å². The molecule has 3 amide bonds. The number of alkyl halides is 3. The Morgan fingerprint density at radius 2 is 1.68 bits per heavy atom. The van der Waals surface area contributed by atoms with Crippen molar-refractivity contribution in [2.75, 3.05) is 19.6 Å². The maximum absolute atomic E-state index is 13.7. The van der Waals surface area contributed by atoms with E-state index in [1.807, 2.05) is 29.6 Å². The minimum absolute atomic E-state index is 0.0118. The van der Waals surface area contributed by atoms with Crippen molar-refractivity contribution in [3.05, 3.63) is 65.6 Å². The Bertz CT molecular complexity index is 1570. The van der Waals surface area contributed by atoms with E-state index in [0.29, 0.717) is 32.4 Å². The summed E-state index contributed by atoms with van der Waals surface area (Å²) < 4.78 is 51.0. The Morgan fingerprint density at radius 1 is 1.02 bits per heavy atom. The summed E-state index contributed by atoms with van der Waals surface area (Å²) >= 11 is 1.48. The number of nitriles is 1. The quantitative estimate of drug-likeness (QED) is 0.285. The number of urea groups is 1. The van der Waals surface area contributed by atoms with Crippen molar-refractivity contribution in [3.8, 4) is 27.1 Å². The number of carbonyl (C=O) groups excluding carboxylic acids is 2. The summed E-state index contributed by atoms with van der Waals surface area (Å²) in [7, 11) is 0. The lowest BCUT2D eigenvalue weighted by molar-refractivity contribution is -0.127. The van der Waals surface area contributed by atoms with E-state index in [4.69, 9.17) is 4.98 Å². The average Bonchev–Trinajstić information content (AvgIpc) is 3.62. The second-order valence-corrected chi connectivity index (χ2v) is 12.9. The third kappa shape index (κ3) is 6.43. The lowest BCUT2D eigenvalue weighted by atomic mass is 9.76. The molecular formula is C32H31F4N5O2S. The van der Waals surface area contributed by atoms with Gasteiger partial charge in [-0.05, 0) is 61.1 Å². The van der Waals surface area contributed by atoms with Crippen molar-refractivity contribution in [2.45, 2.75) is 62.1 Å². The Balaban J connectivity index is 1.24. The molecule has 2 atom stereocenters. The van der Waals surface area contributed by atoms with Crippen LogP contribution in [0.1, 0.15) is 61.6 Å². The predicted molar refractivity (Wildman–Crippen MR) is 157 cm³/mol. The van der Waals surface area contributed by atoms with E-state index in [0.717, 1.165) is 51.5 Å². The number of nitrogens with zero attached hydrogens (tertiary/aromatic N) is 3. The van der Waals surface area contributed by atoms with Gasteiger partial charge in [0.2, 0.25) is 5.91 Å². The summed E-state index contributed by atoms with van der Waals surface area (Å²) in [6, 6.07) is 15.5. The fraction of sp³-hybridized carbons (Fsp3) is 0.438. The van der Waals surface area contributed by atoms with Gasteiger partial charge in [-0.1, -0.05) is 37.1 Å². The first kappa shape index (κ1) is 30.1. The van der Waals surface area contributed by atoms with Gasteiger partial charge in [-0.3, -0.25) is 4.79 Å². The molecule has 0 unspecified atom stereocenters. The molecule has 0 spiro atoms. The van der Waals surface area contributed by atoms with Crippen LogP contribution < -0.4 is 10.6 Å². The van der Waals surface area contributed by atoms with Crippen LogP contribution in [0.25, 0.3) is 21.0 Å². The molecule has 3 fully saturated rings. The van der Waals surface area contributed by atoms with E-state index in [9.17, 15) is 32.4 Å². The van der Waals surface area contributed by atoms with E-state index in [2.05, 4.69) is 11.4 Å². The van der Waals surface area contributed by atoms with Gasteiger partial charge < -0.3 is 15.5 Å². The van der Waals surface area contributed by atoms with Gasteiger partial charge in [0.05, 0.1) is 16.6 Å². The monoisotopic (exact) mass is 625 g/mol. The van der Waals surface area contributed by atoms with Crippen molar-refractivity contribution < 1.29 is 27.2 Å². The minimum Gasteiger partial charge on any atom is -0.338 e. The molecule has 3 aromatic rings. The molecule has 2 saturated carbocycles. The molecule has 2 aromatic carbocycles. The minimum atomic E-state index is -4.46. The molecule has 1 saturated heterocycles. The molecule has 2 N–H and O–H groups in total. The lowest BCUT2D eigenvalue weighted by Crippen LogP contribution is -2.53. The summed E-state index contributed by atoms with van der Waals surface area (Å²) in [5.41, 5.74) is 2.72. The summed E-state index contributed by atoms with van der Waals surface area (Å²) in [5, 5.41) is 15.2. The highest BCUT2D eigenvalue weighted by Crippen LogP contribution is 2.47. The van der Waals surface area contributed by atoms with Gasteiger partial charge >= 0.3 is 12.2 Å². The van der Waals surface area contributed by atoms with Crippen LogP contribution in [0.2, 0.25) is 0 Å². The maximum atomic E-state index is 13.7. The number of amides is 3. The van der Waals surface area contributed by atoms with E-state index >= 15 is 0 Å². The van der Waals surface area contributed by atoms with E-state index in [1.165, 1.54) is 28.4 Å². The van der Waals surface area contributed by atoms with Crippen LogP contribution in [0.5, 0.6) is 0 Å². The molecule has 44 heavy (non-hydrogen) atoms. The molecule has 0 radical (unpaired) electrons. The fourth-order valence-corrected chi connectivity index (χ4v) is 7.19. The molecule has 0 bridgehead atoms. The highest BCUT2D eigenvalue weighted by molar-refractivity contribution is 7.18. The molecule has 1 aromatic heterocycles. The Kier molecular flexibility index (Phi) is 8.09. The normalized spacial score (nSPS) is 21.2. The molecule has 1 aliphatic heterocycles. The summed E-state index contributed by atoms with van der Waals surface area (Å²) in [4.78, 5) is 32.8. The van der Waals surface area contributed by atoms with Crippen molar-refractivity contribution >= 4 is 23.3 Å². The smallest absolute Gasteiger partial charge is 0.338 e. The second-order valence-electron chi connectivity index (χ2n) is 11.9. The van der Waals surface area contributed by atoms with Gasteiger partial charge in [0, 0.05) is 36.4 Å². The first-order chi connectivity index (χ1) is 21.0.